The van der Waals surface area contributed by atoms with Crippen LogP contribution in [0.1, 0.15) is 47.3 Å². The lowest BCUT2D eigenvalue weighted by Gasteiger charge is -2.41. The molecule has 2 fully saturated rings. The quantitative estimate of drug-likeness (QED) is 0.577. The molecule has 2 aliphatic heterocycles. The van der Waals surface area contributed by atoms with Gasteiger partial charge in [0, 0.05) is 31.2 Å². The van der Waals surface area contributed by atoms with Gasteiger partial charge in [-0.05, 0) is 63.4 Å². The SMILES string of the molecule is Cc1c(NCc2ccc(Cl)c(Cl)c2)ncnc1C(=O)N1CCC(N2CCC(S(N)(=O)=O)CC2)CC1. The fourth-order valence-corrected chi connectivity index (χ4v) is 6.02. The fourth-order valence-electron chi connectivity index (χ4n) is 4.83. The fraction of sp³-hybridized carbons (Fsp3) is 0.522. The summed E-state index contributed by atoms with van der Waals surface area (Å²) in [5.74, 6) is 0.496. The molecule has 1 aromatic carbocycles. The summed E-state index contributed by atoms with van der Waals surface area (Å²) in [5, 5.41) is 9.10. The molecule has 0 saturated carbocycles. The van der Waals surface area contributed by atoms with E-state index in [0.29, 0.717) is 65.6 Å². The van der Waals surface area contributed by atoms with Gasteiger partial charge in [-0.2, -0.15) is 0 Å². The molecule has 12 heteroatoms. The van der Waals surface area contributed by atoms with Crippen molar-refractivity contribution in [2.45, 2.75) is 50.4 Å². The number of nitrogens with two attached hydrogens (primary N) is 1. The van der Waals surface area contributed by atoms with Crippen LogP contribution in [-0.4, -0.2) is 71.6 Å². The predicted octanol–water partition coefficient (Wildman–Crippen LogP) is 3.06. The molecule has 35 heavy (non-hydrogen) atoms. The van der Waals surface area contributed by atoms with Gasteiger partial charge in [-0.15, -0.1) is 0 Å². The van der Waals surface area contributed by atoms with Crippen molar-refractivity contribution in [3.63, 3.8) is 0 Å². The van der Waals surface area contributed by atoms with E-state index in [-0.39, 0.29) is 5.91 Å². The Morgan fingerprint density at radius 2 is 1.77 bits per heavy atom. The lowest BCUT2D eigenvalue weighted by Crippen LogP contribution is -2.51. The predicted molar refractivity (Wildman–Crippen MR) is 137 cm³/mol. The summed E-state index contributed by atoms with van der Waals surface area (Å²) in [7, 11) is -3.47. The van der Waals surface area contributed by atoms with Gasteiger partial charge in [0.2, 0.25) is 10.0 Å². The van der Waals surface area contributed by atoms with E-state index < -0.39 is 15.3 Å². The van der Waals surface area contributed by atoms with Crippen molar-refractivity contribution < 1.29 is 13.2 Å². The highest BCUT2D eigenvalue weighted by Crippen LogP contribution is 2.26. The number of aromatic nitrogens is 2. The van der Waals surface area contributed by atoms with E-state index in [1.54, 1.807) is 12.1 Å². The van der Waals surface area contributed by atoms with E-state index in [1.165, 1.54) is 6.33 Å². The number of benzene rings is 1. The molecule has 2 aromatic rings. The second-order valence-electron chi connectivity index (χ2n) is 9.15. The van der Waals surface area contributed by atoms with Crippen LogP contribution in [0.5, 0.6) is 0 Å². The molecule has 9 nitrogen and oxygen atoms in total. The Morgan fingerprint density at radius 1 is 1.09 bits per heavy atom. The lowest BCUT2D eigenvalue weighted by molar-refractivity contribution is 0.0585. The van der Waals surface area contributed by atoms with Crippen molar-refractivity contribution >= 4 is 45.0 Å². The Bertz CT molecular complexity index is 1180. The van der Waals surface area contributed by atoms with Crippen LogP contribution in [0.15, 0.2) is 24.5 Å². The summed E-state index contributed by atoms with van der Waals surface area (Å²) in [5.41, 5.74) is 2.04. The molecule has 0 spiro atoms. The highest BCUT2D eigenvalue weighted by atomic mass is 35.5. The van der Waals surface area contributed by atoms with E-state index in [0.717, 1.165) is 31.5 Å². The largest absolute Gasteiger partial charge is 0.366 e. The first-order chi connectivity index (χ1) is 16.6. The van der Waals surface area contributed by atoms with Gasteiger partial charge in [0.05, 0.1) is 15.3 Å². The monoisotopic (exact) mass is 540 g/mol. The minimum atomic E-state index is -3.47. The molecule has 0 bridgehead atoms. The molecule has 1 amide bonds. The summed E-state index contributed by atoms with van der Waals surface area (Å²) in [6, 6.07) is 5.76. The maximum Gasteiger partial charge on any atom is 0.272 e. The molecule has 0 unspecified atom stereocenters. The Morgan fingerprint density at radius 3 is 2.40 bits per heavy atom. The smallest absolute Gasteiger partial charge is 0.272 e. The standard InChI is InChI=1S/C23H30Cl2N6O3S/c1-15-21(28-14-29-22(15)27-13-16-2-3-19(24)20(25)12-16)23(32)31-8-4-17(5-9-31)30-10-6-18(7-11-30)35(26,33)34/h2-3,12,14,17-18H,4-11,13H2,1H3,(H2,26,33,34)(H,27,28,29). The van der Waals surface area contributed by atoms with Gasteiger partial charge in [-0.1, -0.05) is 29.3 Å². The van der Waals surface area contributed by atoms with Crippen molar-refractivity contribution in [2.24, 2.45) is 5.14 Å². The van der Waals surface area contributed by atoms with Crippen molar-refractivity contribution in [1.82, 2.24) is 19.8 Å². The van der Waals surface area contributed by atoms with Crippen LogP contribution in [0.2, 0.25) is 10.0 Å². The number of hydrogen-bond acceptors (Lipinski definition) is 7. The minimum absolute atomic E-state index is 0.103. The van der Waals surface area contributed by atoms with Crippen molar-refractivity contribution in [2.75, 3.05) is 31.5 Å². The van der Waals surface area contributed by atoms with Gasteiger partial charge >= 0.3 is 0 Å². The molecule has 4 rings (SSSR count). The molecule has 2 aliphatic rings. The van der Waals surface area contributed by atoms with E-state index >= 15 is 0 Å². The zero-order chi connectivity index (χ0) is 25.2. The topological polar surface area (TPSA) is 122 Å². The molecule has 0 aliphatic carbocycles. The number of likely N-dealkylation sites (tertiary alicyclic amines) is 2. The third-order valence-electron chi connectivity index (χ3n) is 6.94. The maximum atomic E-state index is 13.2. The lowest BCUT2D eigenvalue weighted by atomic mass is 9.99. The summed E-state index contributed by atoms with van der Waals surface area (Å²) in [4.78, 5) is 26.0. The summed E-state index contributed by atoms with van der Waals surface area (Å²) in [6.45, 7) is 5.03. The number of nitrogens with one attached hydrogen (secondary N) is 1. The van der Waals surface area contributed by atoms with Crippen LogP contribution >= 0.6 is 23.2 Å². The Kier molecular flexibility index (Phi) is 8.17. The summed E-state index contributed by atoms with van der Waals surface area (Å²) < 4.78 is 23.2. The highest BCUT2D eigenvalue weighted by molar-refractivity contribution is 7.89. The van der Waals surface area contributed by atoms with Crippen molar-refractivity contribution in [1.29, 1.82) is 0 Å². The van der Waals surface area contributed by atoms with Crippen LogP contribution in [0.4, 0.5) is 5.82 Å². The first kappa shape index (κ1) is 26.1. The minimum Gasteiger partial charge on any atom is -0.366 e. The summed E-state index contributed by atoms with van der Waals surface area (Å²) >= 11 is 12.1. The Labute approximate surface area is 216 Å². The zero-order valence-electron chi connectivity index (χ0n) is 19.6. The molecule has 1 aromatic heterocycles. The number of nitrogens with zero attached hydrogens (tertiary/aromatic N) is 4. The molecule has 3 N–H and O–H groups in total. The molecule has 0 radical (unpaired) electrons. The van der Waals surface area contributed by atoms with E-state index in [1.807, 2.05) is 17.9 Å². The van der Waals surface area contributed by atoms with E-state index in [2.05, 4.69) is 20.2 Å². The van der Waals surface area contributed by atoms with Crippen LogP contribution in [0, 0.1) is 6.92 Å². The van der Waals surface area contributed by atoms with Crippen LogP contribution in [-0.2, 0) is 16.6 Å². The number of hydrogen-bond donors (Lipinski definition) is 2. The van der Waals surface area contributed by atoms with Crippen LogP contribution in [0.3, 0.4) is 0 Å². The molecule has 3 heterocycles. The van der Waals surface area contributed by atoms with Gasteiger partial charge in [-0.3, -0.25) is 4.79 Å². The summed E-state index contributed by atoms with van der Waals surface area (Å²) in [6.07, 6.45) is 4.22. The number of anilines is 1. The number of rotatable bonds is 6. The van der Waals surface area contributed by atoms with Crippen molar-refractivity contribution in [3.05, 3.63) is 51.4 Å². The van der Waals surface area contributed by atoms with Gasteiger partial charge in [0.25, 0.3) is 5.91 Å². The third kappa shape index (κ3) is 6.24. The maximum absolute atomic E-state index is 13.2. The number of carbonyl (C=O) groups is 1. The molecule has 0 atom stereocenters. The van der Waals surface area contributed by atoms with Gasteiger partial charge in [-0.25, -0.2) is 23.5 Å². The number of carbonyl (C=O) groups excluding carboxylic acids is 1. The molecular formula is C23H30Cl2N6O3S. The average Bonchev–Trinajstić information content (AvgIpc) is 2.85. The van der Waals surface area contributed by atoms with Gasteiger partial charge < -0.3 is 15.1 Å². The molecule has 190 valence electrons. The van der Waals surface area contributed by atoms with Gasteiger partial charge in [0.1, 0.15) is 17.8 Å². The Balaban J connectivity index is 1.33. The number of amides is 1. The second-order valence-corrected chi connectivity index (χ2v) is 11.8. The second kappa shape index (κ2) is 11.0. The molecular weight excluding hydrogens is 511 g/mol. The number of halogens is 2. The molecule has 2 saturated heterocycles. The van der Waals surface area contributed by atoms with Crippen LogP contribution < -0.4 is 10.5 Å². The third-order valence-corrected chi connectivity index (χ3v) is 9.08. The number of sulfonamides is 1. The average molecular weight is 542 g/mol. The zero-order valence-corrected chi connectivity index (χ0v) is 21.9. The first-order valence-electron chi connectivity index (χ1n) is 11.7. The van der Waals surface area contributed by atoms with E-state index in [9.17, 15) is 13.2 Å². The van der Waals surface area contributed by atoms with E-state index in [4.69, 9.17) is 28.3 Å². The van der Waals surface area contributed by atoms with Gasteiger partial charge in [0.15, 0.2) is 0 Å². The first-order valence-corrected chi connectivity index (χ1v) is 14.0. The van der Waals surface area contributed by atoms with Crippen molar-refractivity contribution in [3.8, 4) is 0 Å². The number of primary sulfonamides is 1. The van der Waals surface area contributed by atoms with Crippen LogP contribution in [0.25, 0.3) is 0 Å². The Hall–Kier alpha value is -1.98. The number of piperidine rings is 2. The highest BCUT2D eigenvalue weighted by Gasteiger charge is 2.33. The normalized spacial score (nSPS) is 18.6.